The van der Waals surface area contributed by atoms with E-state index in [-0.39, 0.29) is 0 Å². The van der Waals surface area contributed by atoms with Gasteiger partial charge in [-0.3, -0.25) is 9.80 Å². The number of rotatable bonds is 7. The molecule has 1 atom stereocenters. The Hall–Kier alpha value is -0.840. The molecule has 1 N–H and O–H groups in total. The van der Waals surface area contributed by atoms with E-state index in [1.807, 2.05) is 0 Å². The molecular weight excluding hydrogens is 250 g/mol. The Morgan fingerprint density at radius 1 is 1.15 bits per heavy atom. The van der Waals surface area contributed by atoms with Crippen LogP contribution in [0.15, 0.2) is 16.5 Å². The largest absolute Gasteiger partial charge is 0.463 e. The lowest BCUT2D eigenvalue weighted by atomic mass is 10.2. The molecule has 2 heterocycles. The van der Waals surface area contributed by atoms with Crippen LogP contribution in [0.1, 0.15) is 38.7 Å². The number of furan rings is 1. The fourth-order valence-corrected chi connectivity index (χ4v) is 2.69. The van der Waals surface area contributed by atoms with Gasteiger partial charge in [0.1, 0.15) is 11.5 Å². The van der Waals surface area contributed by atoms with E-state index in [0.717, 1.165) is 44.2 Å². The van der Waals surface area contributed by atoms with Gasteiger partial charge in [0.2, 0.25) is 0 Å². The first kappa shape index (κ1) is 15.5. The molecule has 0 radical (unpaired) electrons. The monoisotopic (exact) mass is 279 g/mol. The molecule has 0 aromatic carbocycles. The van der Waals surface area contributed by atoms with Crippen molar-refractivity contribution in [2.75, 3.05) is 32.7 Å². The van der Waals surface area contributed by atoms with Crippen molar-refractivity contribution >= 4 is 0 Å². The fraction of sp³-hybridized carbons (Fsp3) is 0.750. The minimum absolute atomic E-state index is 0.715. The van der Waals surface area contributed by atoms with Crippen LogP contribution in [0, 0.1) is 0 Å². The van der Waals surface area contributed by atoms with Crippen molar-refractivity contribution in [3.05, 3.63) is 23.7 Å². The molecule has 0 bridgehead atoms. The molecule has 1 fully saturated rings. The molecule has 0 aliphatic carbocycles. The van der Waals surface area contributed by atoms with Gasteiger partial charge in [0.25, 0.3) is 0 Å². The summed E-state index contributed by atoms with van der Waals surface area (Å²) in [5.41, 5.74) is 0. The maximum atomic E-state index is 5.87. The lowest BCUT2D eigenvalue weighted by Crippen LogP contribution is -2.48. The summed E-state index contributed by atoms with van der Waals surface area (Å²) in [6.07, 6.45) is 1.24. The zero-order valence-electron chi connectivity index (χ0n) is 13.2. The fourth-order valence-electron chi connectivity index (χ4n) is 2.69. The van der Waals surface area contributed by atoms with E-state index in [2.05, 4.69) is 48.0 Å². The highest BCUT2D eigenvalue weighted by atomic mass is 16.3. The average molecular weight is 279 g/mol. The van der Waals surface area contributed by atoms with E-state index in [0.29, 0.717) is 6.04 Å². The van der Waals surface area contributed by atoms with Gasteiger partial charge in [-0.1, -0.05) is 13.8 Å². The maximum absolute atomic E-state index is 5.87. The number of nitrogens with zero attached hydrogens (tertiary/aromatic N) is 2. The summed E-state index contributed by atoms with van der Waals surface area (Å²) in [6.45, 7) is 14.1. The SMILES string of the molecule is CCNCc1ccc(CN2CCN(C(C)CC)CC2)o1. The van der Waals surface area contributed by atoms with Crippen molar-refractivity contribution in [3.63, 3.8) is 0 Å². The van der Waals surface area contributed by atoms with E-state index >= 15 is 0 Å². The lowest BCUT2D eigenvalue weighted by Gasteiger charge is -2.37. The van der Waals surface area contributed by atoms with Crippen molar-refractivity contribution in [1.29, 1.82) is 0 Å². The van der Waals surface area contributed by atoms with Gasteiger partial charge in [0.05, 0.1) is 13.1 Å². The smallest absolute Gasteiger partial charge is 0.118 e. The van der Waals surface area contributed by atoms with Crippen LogP contribution in [0.4, 0.5) is 0 Å². The van der Waals surface area contributed by atoms with Crippen LogP contribution in [-0.2, 0) is 13.1 Å². The van der Waals surface area contributed by atoms with E-state index in [4.69, 9.17) is 4.42 Å². The van der Waals surface area contributed by atoms with Crippen LogP contribution in [0.2, 0.25) is 0 Å². The summed E-state index contributed by atoms with van der Waals surface area (Å²) < 4.78 is 5.87. The number of piperazine rings is 1. The van der Waals surface area contributed by atoms with Gasteiger partial charge in [-0.15, -0.1) is 0 Å². The maximum Gasteiger partial charge on any atom is 0.118 e. The van der Waals surface area contributed by atoms with Crippen LogP contribution < -0.4 is 5.32 Å². The minimum atomic E-state index is 0.715. The van der Waals surface area contributed by atoms with Gasteiger partial charge >= 0.3 is 0 Å². The second kappa shape index (κ2) is 7.81. The van der Waals surface area contributed by atoms with Crippen molar-refractivity contribution in [2.45, 2.75) is 46.3 Å². The Morgan fingerprint density at radius 3 is 2.50 bits per heavy atom. The second-order valence-corrected chi connectivity index (χ2v) is 5.72. The Kier molecular flexibility index (Phi) is 6.07. The molecule has 1 aliphatic rings. The topological polar surface area (TPSA) is 31.6 Å². The highest BCUT2D eigenvalue weighted by molar-refractivity contribution is 5.07. The molecule has 1 saturated heterocycles. The molecule has 0 spiro atoms. The van der Waals surface area contributed by atoms with Crippen LogP contribution in [0.25, 0.3) is 0 Å². The Labute approximate surface area is 123 Å². The summed E-state index contributed by atoms with van der Waals surface area (Å²) >= 11 is 0. The first-order valence-corrected chi connectivity index (χ1v) is 7.97. The summed E-state index contributed by atoms with van der Waals surface area (Å²) in [5.74, 6) is 2.13. The van der Waals surface area contributed by atoms with E-state index in [1.54, 1.807) is 0 Å². The van der Waals surface area contributed by atoms with Gasteiger partial charge in [-0.2, -0.15) is 0 Å². The third kappa shape index (κ3) is 4.33. The second-order valence-electron chi connectivity index (χ2n) is 5.72. The van der Waals surface area contributed by atoms with Crippen molar-refractivity contribution in [1.82, 2.24) is 15.1 Å². The molecule has 4 nitrogen and oxygen atoms in total. The van der Waals surface area contributed by atoms with Crippen molar-refractivity contribution in [2.24, 2.45) is 0 Å². The summed E-state index contributed by atoms with van der Waals surface area (Å²) in [4.78, 5) is 5.09. The first-order valence-electron chi connectivity index (χ1n) is 7.97. The van der Waals surface area contributed by atoms with E-state index in [9.17, 15) is 0 Å². The molecule has 0 amide bonds. The Morgan fingerprint density at radius 2 is 1.85 bits per heavy atom. The van der Waals surface area contributed by atoms with Crippen molar-refractivity contribution < 1.29 is 4.42 Å². The normalized spacial score (nSPS) is 19.4. The van der Waals surface area contributed by atoms with Gasteiger partial charge in [-0.25, -0.2) is 0 Å². The molecule has 1 unspecified atom stereocenters. The number of hydrogen-bond donors (Lipinski definition) is 1. The van der Waals surface area contributed by atoms with E-state index in [1.165, 1.54) is 19.5 Å². The van der Waals surface area contributed by atoms with Crippen LogP contribution in [0.5, 0.6) is 0 Å². The van der Waals surface area contributed by atoms with Crippen LogP contribution >= 0.6 is 0 Å². The van der Waals surface area contributed by atoms with Crippen molar-refractivity contribution in [3.8, 4) is 0 Å². The Bertz CT molecular complexity index is 383. The molecule has 20 heavy (non-hydrogen) atoms. The summed E-state index contributed by atoms with van der Waals surface area (Å²) in [5, 5.41) is 3.29. The molecule has 1 aromatic rings. The molecule has 114 valence electrons. The predicted molar refractivity (Wildman–Crippen MR) is 82.7 cm³/mol. The molecule has 4 heteroatoms. The van der Waals surface area contributed by atoms with Gasteiger partial charge in [0.15, 0.2) is 0 Å². The first-order chi connectivity index (χ1) is 9.72. The van der Waals surface area contributed by atoms with Crippen LogP contribution in [-0.4, -0.2) is 48.6 Å². The standard InChI is InChI=1S/C16H29N3O/c1-4-14(3)19-10-8-18(9-11-19)13-16-7-6-15(20-16)12-17-5-2/h6-7,14,17H,4-5,8-13H2,1-3H3. The highest BCUT2D eigenvalue weighted by Gasteiger charge is 2.20. The third-order valence-electron chi connectivity index (χ3n) is 4.27. The molecule has 1 aliphatic heterocycles. The minimum Gasteiger partial charge on any atom is -0.463 e. The molecule has 2 rings (SSSR count). The molecule has 1 aromatic heterocycles. The number of hydrogen-bond acceptors (Lipinski definition) is 4. The van der Waals surface area contributed by atoms with Gasteiger partial charge < -0.3 is 9.73 Å². The molecule has 0 saturated carbocycles. The molecular formula is C16H29N3O. The number of nitrogens with one attached hydrogen (secondary N) is 1. The third-order valence-corrected chi connectivity index (χ3v) is 4.27. The Balaban J connectivity index is 1.76. The van der Waals surface area contributed by atoms with Crippen LogP contribution in [0.3, 0.4) is 0 Å². The zero-order valence-corrected chi connectivity index (χ0v) is 13.2. The van der Waals surface area contributed by atoms with Gasteiger partial charge in [0, 0.05) is 32.2 Å². The van der Waals surface area contributed by atoms with Gasteiger partial charge in [-0.05, 0) is 32.0 Å². The lowest BCUT2D eigenvalue weighted by molar-refractivity contribution is 0.0916. The van der Waals surface area contributed by atoms with E-state index < -0.39 is 0 Å². The predicted octanol–water partition coefficient (Wildman–Crippen LogP) is 2.31. The quantitative estimate of drug-likeness (QED) is 0.830. The highest BCUT2D eigenvalue weighted by Crippen LogP contribution is 2.14. The summed E-state index contributed by atoms with van der Waals surface area (Å²) in [6, 6.07) is 4.92. The zero-order chi connectivity index (χ0) is 14.4. The summed E-state index contributed by atoms with van der Waals surface area (Å²) in [7, 11) is 0. The average Bonchev–Trinajstić information content (AvgIpc) is 2.92.